The van der Waals surface area contributed by atoms with Crippen LogP contribution in [-0.4, -0.2) is 42.9 Å². The summed E-state index contributed by atoms with van der Waals surface area (Å²) >= 11 is 0. The van der Waals surface area contributed by atoms with Gasteiger partial charge in [0.05, 0.1) is 19.8 Å². The second kappa shape index (κ2) is 4.68. The third kappa shape index (κ3) is 2.43. The van der Waals surface area contributed by atoms with E-state index in [9.17, 15) is 9.59 Å². The van der Waals surface area contributed by atoms with Gasteiger partial charge in [0, 0.05) is 11.5 Å². The van der Waals surface area contributed by atoms with Crippen molar-refractivity contribution in [3.63, 3.8) is 0 Å². The first-order chi connectivity index (χ1) is 7.41. The van der Waals surface area contributed by atoms with Crippen LogP contribution in [0.15, 0.2) is 6.08 Å². The molecule has 0 bridgehead atoms. The summed E-state index contributed by atoms with van der Waals surface area (Å²) in [7, 11) is 1.31. The minimum Gasteiger partial charge on any atom is -0.453 e. The van der Waals surface area contributed by atoms with Gasteiger partial charge in [0.1, 0.15) is 12.2 Å². The lowest BCUT2D eigenvalue weighted by molar-refractivity contribution is -0.0408. The first-order valence-electron chi connectivity index (χ1n) is 5.10. The minimum atomic E-state index is -0.492. The minimum absolute atomic E-state index is 0.236. The highest BCUT2D eigenvalue weighted by atomic mass is 16.6. The number of carbonyl (C=O) groups excluding carboxylic acids is 2. The maximum atomic E-state index is 11.6. The fourth-order valence-electron chi connectivity index (χ4n) is 1.73. The lowest BCUT2D eigenvalue weighted by Gasteiger charge is -2.33. The highest BCUT2D eigenvalue weighted by molar-refractivity contribution is 5.69. The van der Waals surface area contributed by atoms with Gasteiger partial charge in [-0.25, -0.2) is 9.59 Å². The molecule has 1 amide bonds. The second-order valence-electron chi connectivity index (χ2n) is 4.78. The van der Waals surface area contributed by atoms with E-state index in [0.29, 0.717) is 6.61 Å². The van der Waals surface area contributed by atoms with E-state index in [1.807, 2.05) is 20.8 Å². The molecular weight excluding hydrogens is 210 g/mol. The van der Waals surface area contributed by atoms with E-state index >= 15 is 0 Å². The molecular formula is C11H17NO4. The monoisotopic (exact) mass is 227 g/mol. The molecule has 1 heterocycles. The zero-order valence-corrected chi connectivity index (χ0v) is 10.0. The Morgan fingerprint density at radius 1 is 1.56 bits per heavy atom. The largest absolute Gasteiger partial charge is 0.453 e. The molecule has 0 aromatic carbocycles. The molecule has 1 aliphatic heterocycles. The van der Waals surface area contributed by atoms with E-state index in [1.165, 1.54) is 18.1 Å². The van der Waals surface area contributed by atoms with Crippen LogP contribution in [0.2, 0.25) is 0 Å². The van der Waals surface area contributed by atoms with Gasteiger partial charge < -0.3 is 9.47 Å². The van der Waals surface area contributed by atoms with Gasteiger partial charge in [-0.2, -0.15) is 0 Å². The summed E-state index contributed by atoms with van der Waals surface area (Å²) in [5.74, 6) is 1.69. The van der Waals surface area contributed by atoms with Crippen molar-refractivity contribution >= 4 is 12.0 Å². The molecule has 1 fully saturated rings. The zero-order chi connectivity index (χ0) is 12.3. The van der Waals surface area contributed by atoms with Crippen molar-refractivity contribution in [3.8, 4) is 0 Å². The highest BCUT2D eigenvalue weighted by Crippen LogP contribution is 2.32. The number of methoxy groups -OCH3 is 1. The van der Waals surface area contributed by atoms with E-state index in [0.717, 1.165) is 0 Å². The van der Waals surface area contributed by atoms with E-state index < -0.39 is 18.4 Å². The predicted octanol–water partition coefficient (Wildman–Crippen LogP) is 1.21. The average Bonchev–Trinajstić information content (AvgIpc) is 2.60. The first kappa shape index (κ1) is 12.7. The number of amides is 1. The molecule has 1 rings (SSSR count). The van der Waals surface area contributed by atoms with Crippen LogP contribution in [-0.2, 0) is 14.3 Å². The van der Waals surface area contributed by atoms with Crippen LogP contribution < -0.4 is 0 Å². The van der Waals surface area contributed by atoms with Crippen molar-refractivity contribution in [2.45, 2.75) is 33.0 Å². The molecule has 90 valence electrons. The molecule has 1 unspecified atom stereocenters. The third-order valence-electron chi connectivity index (χ3n) is 2.42. The van der Waals surface area contributed by atoms with Crippen molar-refractivity contribution in [1.29, 1.82) is 0 Å². The molecule has 1 saturated heterocycles. The Labute approximate surface area is 95.0 Å². The summed E-state index contributed by atoms with van der Waals surface area (Å²) in [6.45, 7) is 6.17. The molecule has 0 N–H and O–H groups in total. The Hall–Kier alpha value is -1.32. The number of nitrogens with zero attached hydrogens (tertiary/aromatic N) is 1. The van der Waals surface area contributed by atoms with Gasteiger partial charge in [-0.05, 0) is 0 Å². The number of hydrogen-bond donors (Lipinski definition) is 0. The molecule has 16 heavy (non-hydrogen) atoms. The fraction of sp³-hybridized carbons (Fsp3) is 0.727. The molecule has 0 aliphatic carbocycles. The first-order valence-corrected chi connectivity index (χ1v) is 5.10. The van der Waals surface area contributed by atoms with Gasteiger partial charge in [0.15, 0.2) is 0 Å². The van der Waals surface area contributed by atoms with Gasteiger partial charge in [0.2, 0.25) is 0 Å². The Bertz CT molecular complexity index is 314. The molecule has 0 spiro atoms. The summed E-state index contributed by atoms with van der Waals surface area (Å²) in [6.07, 6.45) is 0.395. The molecule has 0 saturated carbocycles. The number of hydrogen-bond acceptors (Lipinski definition) is 4. The summed E-state index contributed by atoms with van der Waals surface area (Å²) in [5, 5.41) is 0. The molecule has 5 heteroatoms. The third-order valence-corrected chi connectivity index (χ3v) is 2.42. The predicted molar refractivity (Wildman–Crippen MR) is 57.5 cm³/mol. The number of rotatable bonds is 1. The smallest absolute Gasteiger partial charge is 0.412 e. The van der Waals surface area contributed by atoms with E-state index in [1.54, 1.807) is 5.94 Å². The average molecular weight is 227 g/mol. The standard InChI is InChI=1S/C11H17NO4/c1-11(2,3)9-12(10(14)15-4)8(5-6-13)7-16-9/h5,8-9H,7H2,1-4H3/t8-,9?/m1/s1. The lowest BCUT2D eigenvalue weighted by Crippen LogP contribution is -2.47. The van der Waals surface area contributed by atoms with Gasteiger partial charge in [-0.3, -0.25) is 4.90 Å². The van der Waals surface area contributed by atoms with Crippen molar-refractivity contribution in [1.82, 2.24) is 4.90 Å². The summed E-state index contributed by atoms with van der Waals surface area (Å²) < 4.78 is 10.2. The maximum absolute atomic E-state index is 11.6. The summed E-state index contributed by atoms with van der Waals surface area (Å²) in [5.41, 5.74) is -0.236. The van der Waals surface area contributed by atoms with Crippen LogP contribution in [0, 0.1) is 5.41 Å². The molecule has 0 aromatic rings. The molecule has 2 atom stereocenters. The molecule has 0 aromatic heterocycles. The summed E-state index contributed by atoms with van der Waals surface area (Å²) in [4.78, 5) is 23.4. The second-order valence-corrected chi connectivity index (χ2v) is 4.78. The quantitative estimate of drug-likeness (QED) is 0.632. The zero-order valence-electron chi connectivity index (χ0n) is 10.0. The van der Waals surface area contributed by atoms with Gasteiger partial charge in [-0.1, -0.05) is 20.8 Å². The Kier molecular flexibility index (Phi) is 3.73. The van der Waals surface area contributed by atoms with E-state index in [-0.39, 0.29) is 5.41 Å². The van der Waals surface area contributed by atoms with Crippen molar-refractivity contribution < 1.29 is 19.1 Å². The van der Waals surface area contributed by atoms with Crippen molar-refractivity contribution in [2.75, 3.05) is 13.7 Å². The van der Waals surface area contributed by atoms with Gasteiger partial charge in [-0.15, -0.1) is 0 Å². The summed E-state index contributed by atoms with van der Waals surface area (Å²) in [6, 6.07) is -0.394. The SMILES string of the molecule is COC(=O)N1C(C(C)(C)C)OC[C@H]1C=C=O. The Balaban J connectivity index is 2.97. The van der Waals surface area contributed by atoms with Crippen LogP contribution in [0.5, 0.6) is 0 Å². The lowest BCUT2D eigenvalue weighted by atomic mass is 9.93. The van der Waals surface area contributed by atoms with Gasteiger partial charge >= 0.3 is 6.09 Å². The van der Waals surface area contributed by atoms with Crippen LogP contribution in [0.25, 0.3) is 0 Å². The molecule has 1 aliphatic rings. The maximum Gasteiger partial charge on any atom is 0.412 e. The number of carbonyl (C=O) groups is 1. The van der Waals surface area contributed by atoms with Crippen molar-refractivity contribution in [3.05, 3.63) is 6.08 Å². The molecule has 5 nitrogen and oxygen atoms in total. The fourth-order valence-corrected chi connectivity index (χ4v) is 1.73. The Morgan fingerprint density at radius 3 is 2.62 bits per heavy atom. The van der Waals surface area contributed by atoms with Crippen molar-refractivity contribution in [2.24, 2.45) is 5.41 Å². The van der Waals surface area contributed by atoms with Crippen LogP contribution in [0.1, 0.15) is 20.8 Å². The van der Waals surface area contributed by atoms with Gasteiger partial charge in [0.25, 0.3) is 0 Å². The molecule has 0 radical (unpaired) electrons. The van der Waals surface area contributed by atoms with Crippen LogP contribution >= 0.6 is 0 Å². The van der Waals surface area contributed by atoms with Crippen LogP contribution in [0.3, 0.4) is 0 Å². The Morgan fingerprint density at radius 2 is 2.19 bits per heavy atom. The van der Waals surface area contributed by atoms with Crippen LogP contribution in [0.4, 0.5) is 4.79 Å². The van der Waals surface area contributed by atoms with E-state index in [2.05, 4.69) is 0 Å². The highest BCUT2D eigenvalue weighted by Gasteiger charge is 2.43. The topological polar surface area (TPSA) is 55.8 Å². The normalized spacial score (nSPS) is 25.1. The van der Waals surface area contributed by atoms with E-state index in [4.69, 9.17) is 9.47 Å². The number of ether oxygens (including phenoxy) is 2.